The van der Waals surface area contributed by atoms with Gasteiger partial charge in [0.25, 0.3) is 0 Å². The zero-order valence-corrected chi connectivity index (χ0v) is 11.3. The molecule has 0 saturated heterocycles. The van der Waals surface area contributed by atoms with Crippen molar-refractivity contribution in [2.45, 2.75) is 19.4 Å². The average molecular weight is 264 g/mol. The maximum Gasteiger partial charge on any atom is 0.245 e. The third-order valence-corrected chi connectivity index (χ3v) is 3.12. The quantitative estimate of drug-likeness (QED) is 0.862. The number of fused-ring (bicyclic) bond motifs is 1. The summed E-state index contributed by atoms with van der Waals surface area (Å²) in [5.74, 6) is -0.244. The summed E-state index contributed by atoms with van der Waals surface area (Å²) in [4.78, 5) is 11.7. The molecule has 0 bridgehead atoms. The Labute approximate surface area is 118 Å². The summed E-state index contributed by atoms with van der Waals surface area (Å²) in [6, 6.07) is 15.6. The maximum atomic E-state index is 11.7. The number of nitrogens with zero attached hydrogens (tertiary/aromatic N) is 1. The first-order chi connectivity index (χ1) is 9.74. The molecule has 100 valence electrons. The third kappa shape index (κ3) is 3.24. The fraction of sp³-hybridized carbons (Fsp3) is 0.176. The molecule has 0 aromatic heterocycles. The van der Waals surface area contributed by atoms with Gasteiger partial charge in [0.15, 0.2) is 0 Å². The monoisotopic (exact) mass is 264 g/mol. The lowest BCUT2D eigenvalue weighted by molar-refractivity contribution is -0.116. The molecule has 0 saturated carbocycles. The van der Waals surface area contributed by atoms with Gasteiger partial charge in [-0.2, -0.15) is 5.26 Å². The Hall–Kier alpha value is -2.60. The number of carbonyl (C=O) groups is 1. The lowest BCUT2D eigenvalue weighted by Gasteiger charge is -2.06. The van der Waals surface area contributed by atoms with Gasteiger partial charge in [0.1, 0.15) is 6.04 Å². The lowest BCUT2D eigenvalue weighted by atomic mass is 10.0. The van der Waals surface area contributed by atoms with E-state index in [0.717, 1.165) is 16.3 Å². The van der Waals surface area contributed by atoms with Crippen LogP contribution < -0.4 is 5.32 Å². The molecule has 3 nitrogen and oxygen atoms in total. The molecule has 0 aliphatic carbocycles. The fourth-order valence-corrected chi connectivity index (χ4v) is 2.01. The normalized spacial score (nSPS) is 12.2. The van der Waals surface area contributed by atoms with Gasteiger partial charge in [0.05, 0.1) is 6.07 Å². The first-order valence-corrected chi connectivity index (χ1v) is 6.60. The van der Waals surface area contributed by atoms with Crippen LogP contribution in [0.2, 0.25) is 0 Å². The molecule has 1 amide bonds. The molecule has 0 heterocycles. The lowest BCUT2D eigenvalue weighted by Crippen LogP contribution is -2.31. The molecule has 0 aliphatic rings. The van der Waals surface area contributed by atoms with Crippen molar-refractivity contribution in [3.8, 4) is 6.07 Å². The minimum absolute atomic E-state index is 0.244. The van der Waals surface area contributed by atoms with Crippen molar-refractivity contribution in [2.75, 3.05) is 0 Å². The van der Waals surface area contributed by atoms with Crippen LogP contribution in [0.5, 0.6) is 0 Å². The Morgan fingerprint density at radius 2 is 2.05 bits per heavy atom. The number of nitrogens with one attached hydrogen (secondary N) is 1. The van der Waals surface area contributed by atoms with Crippen molar-refractivity contribution in [2.24, 2.45) is 0 Å². The highest BCUT2D eigenvalue weighted by atomic mass is 16.1. The predicted octanol–water partition coefficient (Wildman–Crippen LogP) is 3.27. The van der Waals surface area contributed by atoms with Crippen molar-refractivity contribution in [1.82, 2.24) is 5.32 Å². The topological polar surface area (TPSA) is 52.9 Å². The minimum atomic E-state index is -0.431. The van der Waals surface area contributed by atoms with Crippen molar-refractivity contribution in [3.05, 3.63) is 54.1 Å². The Balaban J connectivity index is 2.18. The van der Waals surface area contributed by atoms with Gasteiger partial charge in [0, 0.05) is 6.08 Å². The SMILES string of the molecule is CCC(C#N)NC(=O)C=Cc1cccc2ccccc12. The van der Waals surface area contributed by atoms with Crippen molar-refractivity contribution in [3.63, 3.8) is 0 Å². The summed E-state index contributed by atoms with van der Waals surface area (Å²) in [5, 5.41) is 13.7. The largest absolute Gasteiger partial charge is 0.337 e. The van der Waals surface area contributed by atoms with E-state index in [9.17, 15) is 4.79 Å². The standard InChI is InChI=1S/C17H16N2O/c1-2-15(12-18)19-17(20)11-10-14-8-5-7-13-6-3-4-9-16(13)14/h3-11,15H,2H2,1H3,(H,19,20). The molecule has 2 aromatic rings. The number of hydrogen-bond donors (Lipinski definition) is 1. The summed E-state index contributed by atoms with van der Waals surface area (Å²) in [5.41, 5.74) is 0.989. The molecule has 1 N–H and O–H groups in total. The maximum absolute atomic E-state index is 11.7. The van der Waals surface area contributed by atoms with Crippen LogP contribution in [0, 0.1) is 11.3 Å². The number of benzene rings is 2. The highest BCUT2D eigenvalue weighted by Crippen LogP contribution is 2.19. The van der Waals surface area contributed by atoms with Gasteiger partial charge in [0.2, 0.25) is 5.91 Å². The number of carbonyl (C=O) groups excluding carboxylic acids is 1. The van der Waals surface area contributed by atoms with Gasteiger partial charge in [-0.3, -0.25) is 4.79 Å². The van der Waals surface area contributed by atoms with Gasteiger partial charge in [-0.25, -0.2) is 0 Å². The molecule has 0 spiro atoms. The van der Waals surface area contributed by atoms with Crippen LogP contribution >= 0.6 is 0 Å². The first kappa shape index (κ1) is 13.8. The molecule has 0 radical (unpaired) electrons. The second kappa shape index (κ2) is 6.53. The Bertz CT molecular complexity index is 677. The predicted molar refractivity (Wildman–Crippen MR) is 80.8 cm³/mol. The van der Waals surface area contributed by atoms with E-state index in [0.29, 0.717) is 6.42 Å². The summed E-state index contributed by atoms with van der Waals surface area (Å²) in [6.07, 6.45) is 3.86. The second-order valence-electron chi connectivity index (χ2n) is 4.50. The molecule has 1 unspecified atom stereocenters. The smallest absolute Gasteiger partial charge is 0.245 e. The summed E-state index contributed by atoms with van der Waals surface area (Å²) < 4.78 is 0. The fourth-order valence-electron chi connectivity index (χ4n) is 2.01. The molecule has 3 heteroatoms. The van der Waals surface area contributed by atoms with Crippen LogP contribution in [0.1, 0.15) is 18.9 Å². The van der Waals surface area contributed by atoms with Crippen LogP contribution in [0.25, 0.3) is 16.8 Å². The number of amides is 1. The highest BCUT2D eigenvalue weighted by Gasteiger charge is 2.06. The first-order valence-electron chi connectivity index (χ1n) is 6.60. The van der Waals surface area contributed by atoms with Gasteiger partial charge < -0.3 is 5.32 Å². The Morgan fingerprint density at radius 3 is 2.80 bits per heavy atom. The van der Waals surface area contributed by atoms with Gasteiger partial charge in [-0.05, 0) is 28.8 Å². The highest BCUT2D eigenvalue weighted by molar-refractivity contribution is 5.96. The second-order valence-corrected chi connectivity index (χ2v) is 4.50. The Kier molecular flexibility index (Phi) is 4.52. The van der Waals surface area contributed by atoms with E-state index in [1.165, 1.54) is 6.08 Å². The number of rotatable bonds is 4. The minimum Gasteiger partial charge on any atom is -0.337 e. The number of nitriles is 1. The van der Waals surface area contributed by atoms with Gasteiger partial charge in [-0.15, -0.1) is 0 Å². The van der Waals surface area contributed by atoms with Crippen LogP contribution in [0.4, 0.5) is 0 Å². The molecule has 20 heavy (non-hydrogen) atoms. The van der Waals surface area contributed by atoms with E-state index in [1.807, 2.05) is 55.5 Å². The van der Waals surface area contributed by atoms with E-state index in [2.05, 4.69) is 5.32 Å². The van der Waals surface area contributed by atoms with E-state index in [1.54, 1.807) is 6.08 Å². The zero-order chi connectivity index (χ0) is 14.4. The van der Waals surface area contributed by atoms with Crippen LogP contribution in [-0.2, 0) is 4.79 Å². The number of hydrogen-bond acceptors (Lipinski definition) is 2. The molecule has 2 rings (SSSR count). The van der Waals surface area contributed by atoms with Crippen LogP contribution in [0.15, 0.2) is 48.5 Å². The van der Waals surface area contributed by atoms with Crippen molar-refractivity contribution in [1.29, 1.82) is 5.26 Å². The van der Waals surface area contributed by atoms with Crippen LogP contribution in [-0.4, -0.2) is 11.9 Å². The van der Waals surface area contributed by atoms with E-state index < -0.39 is 6.04 Å². The molecule has 2 aromatic carbocycles. The van der Waals surface area contributed by atoms with E-state index >= 15 is 0 Å². The molecular formula is C17H16N2O. The molecule has 0 aliphatic heterocycles. The average Bonchev–Trinajstić information content (AvgIpc) is 2.50. The molecule has 0 fully saturated rings. The summed E-state index contributed by atoms with van der Waals surface area (Å²) in [7, 11) is 0. The zero-order valence-electron chi connectivity index (χ0n) is 11.3. The summed E-state index contributed by atoms with van der Waals surface area (Å²) in [6.45, 7) is 1.86. The van der Waals surface area contributed by atoms with Crippen molar-refractivity contribution >= 4 is 22.8 Å². The van der Waals surface area contributed by atoms with Crippen molar-refractivity contribution < 1.29 is 4.79 Å². The van der Waals surface area contributed by atoms with E-state index in [-0.39, 0.29) is 5.91 Å². The van der Waals surface area contributed by atoms with Gasteiger partial charge >= 0.3 is 0 Å². The molecular weight excluding hydrogens is 248 g/mol. The van der Waals surface area contributed by atoms with Crippen LogP contribution in [0.3, 0.4) is 0 Å². The Morgan fingerprint density at radius 1 is 1.30 bits per heavy atom. The summed E-state index contributed by atoms with van der Waals surface area (Å²) >= 11 is 0. The third-order valence-electron chi connectivity index (χ3n) is 3.12. The molecule has 1 atom stereocenters. The van der Waals surface area contributed by atoms with E-state index in [4.69, 9.17) is 5.26 Å². The van der Waals surface area contributed by atoms with Gasteiger partial charge in [-0.1, -0.05) is 49.4 Å².